The number of piperidine rings is 1. The quantitative estimate of drug-likeness (QED) is 0.532. The van der Waals surface area contributed by atoms with Crippen LogP contribution in [0.4, 0.5) is 11.4 Å². The first-order valence-corrected chi connectivity index (χ1v) is 12.7. The molecular weight excluding hydrogens is 434 g/mol. The number of anilines is 2. The zero-order valence-electron chi connectivity index (χ0n) is 18.8. The number of aryl methyl sites for hydroxylation is 1. The lowest BCUT2D eigenvalue weighted by Gasteiger charge is -2.28. The van der Waals surface area contributed by atoms with Gasteiger partial charge in [0.05, 0.1) is 4.90 Å². The highest BCUT2D eigenvalue weighted by atomic mass is 32.2. The highest BCUT2D eigenvalue weighted by Crippen LogP contribution is 2.20. The molecule has 4 rings (SSSR count). The average molecular weight is 464 g/mol. The fourth-order valence-electron chi connectivity index (χ4n) is 3.88. The summed E-state index contributed by atoms with van der Waals surface area (Å²) in [5.74, 6) is -0.206. The summed E-state index contributed by atoms with van der Waals surface area (Å²) in [7, 11) is -3.68. The van der Waals surface area contributed by atoms with Gasteiger partial charge in [0.25, 0.3) is 15.9 Å². The molecular formula is C26H29N3O3S. The monoisotopic (exact) mass is 463 g/mol. The van der Waals surface area contributed by atoms with Crippen LogP contribution in [0, 0.1) is 6.92 Å². The Morgan fingerprint density at radius 1 is 0.848 bits per heavy atom. The van der Waals surface area contributed by atoms with E-state index in [1.165, 1.54) is 24.9 Å². The van der Waals surface area contributed by atoms with Crippen molar-refractivity contribution in [3.8, 4) is 0 Å². The van der Waals surface area contributed by atoms with Crippen LogP contribution in [-0.2, 0) is 16.6 Å². The molecule has 1 aliphatic heterocycles. The SMILES string of the molecule is Cc1ccc(S(=O)(=O)Nc2ccc(C(=O)NCc3ccc(N4CCCCC4)cc3)cc2)cc1. The van der Waals surface area contributed by atoms with Crippen LogP contribution in [-0.4, -0.2) is 27.4 Å². The zero-order valence-corrected chi connectivity index (χ0v) is 19.6. The Kier molecular flexibility index (Phi) is 6.99. The number of rotatable bonds is 7. The molecule has 7 heteroatoms. The lowest BCUT2D eigenvalue weighted by Crippen LogP contribution is -2.29. The molecule has 0 unspecified atom stereocenters. The van der Waals surface area contributed by atoms with Gasteiger partial charge >= 0.3 is 0 Å². The molecule has 0 spiro atoms. The summed E-state index contributed by atoms with van der Waals surface area (Å²) in [6, 6.07) is 21.4. The van der Waals surface area contributed by atoms with Gasteiger partial charge in [0.2, 0.25) is 0 Å². The molecule has 33 heavy (non-hydrogen) atoms. The molecule has 0 bridgehead atoms. The molecule has 1 saturated heterocycles. The number of amides is 1. The van der Waals surface area contributed by atoms with Gasteiger partial charge in [0, 0.05) is 36.6 Å². The van der Waals surface area contributed by atoms with Gasteiger partial charge in [-0.25, -0.2) is 8.42 Å². The maximum atomic E-state index is 12.5. The van der Waals surface area contributed by atoms with E-state index in [4.69, 9.17) is 0 Å². The van der Waals surface area contributed by atoms with Gasteiger partial charge < -0.3 is 10.2 Å². The number of nitrogens with zero attached hydrogens (tertiary/aromatic N) is 1. The Morgan fingerprint density at radius 3 is 2.12 bits per heavy atom. The summed E-state index contributed by atoms with van der Waals surface area (Å²) >= 11 is 0. The third-order valence-electron chi connectivity index (χ3n) is 5.84. The van der Waals surface area contributed by atoms with Gasteiger partial charge in [-0.05, 0) is 80.3 Å². The van der Waals surface area contributed by atoms with Crippen LogP contribution < -0.4 is 14.9 Å². The Morgan fingerprint density at radius 2 is 1.48 bits per heavy atom. The van der Waals surface area contributed by atoms with Crippen LogP contribution in [0.15, 0.2) is 77.7 Å². The molecule has 3 aromatic rings. The Bertz CT molecular complexity index is 1180. The number of carbonyl (C=O) groups excluding carboxylic acids is 1. The zero-order chi connectivity index (χ0) is 23.3. The summed E-state index contributed by atoms with van der Waals surface area (Å²) < 4.78 is 27.6. The van der Waals surface area contributed by atoms with Gasteiger partial charge in [-0.1, -0.05) is 29.8 Å². The molecule has 0 aliphatic carbocycles. The summed E-state index contributed by atoms with van der Waals surface area (Å²) in [4.78, 5) is 15.1. The minimum absolute atomic E-state index is 0.196. The first-order valence-electron chi connectivity index (χ1n) is 11.2. The molecule has 0 saturated carbocycles. The van der Waals surface area contributed by atoms with Crippen molar-refractivity contribution in [3.05, 3.63) is 89.5 Å². The maximum absolute atomic E-state index is 12.5. The third-order valence-corrected chi connectivity index (χ3v) is 7.24. The van der Waals surface area contributed by atoms with E-state index in [-0.39, 0.29) is 10.8 Å². The van der Waals surface area contributed by atoms with E-state index >= 15 is 0 Å². The Balaban J connectivity index is 1.32. The fraction of sp³-hybridized carbons (Fsp3) is 0.269. The second-order valence-electron chi connectivity index (χ2n) is 8.39. The predicted octanol–water partition coefficient (Wildman–Crippen LogP) is 4.72. The molecule has 172 valence electrons. The summed E-state index contributed by atoms with van der Waals surface area (Å²) in [6.07, 6.45) is 3.79. The molecule has 1 amide bonds. The number of sulfonamides is 1. The molecule has 0 aromatic heterocycles. The van der Waals surface area contributed by atoms with Crippen molar-refractivity contribution in [2.45, 2.75) is 37.6 Å². The highest BCUT2D eigenvalue weighted by molar-refractivity contribution is 7.92. The summed E-state index contributed by atoms with van der Waals surface area (Å²) in [5.41, 5.74) is 4.13. The number of nitrogens with one attached hydrogen (secondary N) is 2. The van der Waals surface area contributed by atoms with Crippen LogP contribution in [0.3, 0.4) is 0 Å². The second-order valence-corrected chi connectivity index (χ2v) is 10.1. The minimum Gasteiger partial charge on any atom is -0.372 e. The number of benzene rings is 3. The highest BCUT2D eigenvalue weighted by Gasteiger charge is 2.14. The molecule has 1 heterocycles. The summed E-state index contributed by atoms with van der Waals surface area (Å²) in [6.45, 7) is 4.54. The van der Waals surface area contributed by atoms with E-state index < -0.39 is 10.0 Å². The van der Waals surface area contributed by atoms with Crippen molar-refractivity contribution in [2.24, 2.45) is 0 Å². The fourth-order valence-corrected chi connectivity index (χ4v) is 4.94. The van der Waals surface area contributed by atoms with Crippen LogP contribution in [0.25, 0.3) is 0 Å². The molecule has 6 nitrogen and oxygen atoms in total. The van der Waals surface area contributed by atoms with Crippen LogP contribution in [0.5, 0.6) is 0 Å². The van der Waals surface area contributed by atoms with Gasteiger partial charge in [-0.3, -0.25) is 9.52 Å². The van der Waals surface area contributed by atoms with Crippen molar-refractivity contribution in [3.63, 3.8) is 0 Å². The van der Waals surface area contributed by atoms with E-state index in [2.05, 4.69) is 27.1 Å². The van der Waals surface area contributed by atoms with Gasteiger partial charge in [-0.2, -0.15) is 0 Å². The number of hydrogen-bond donors (Lipinski definition) is 2. The largest absolute Gasteiger partial charge is 0.372 e. The van der Waals surface area contributed by atoms with E-state index in [1.54, 1.807) is 48.5 Å². The topological polar surface area (TPSA) is 78.5 Å². The number of carbonyl (C=O) groups is 1. The first kappa shape index (κ1) is 22.9. The van der Waals surface area contributed by atoms with E-state index in [0.29, 0.717) is 17.8 Å². The molecule has 0 radical (unpaired) electrons. The van der Waals surface area contributed by atoms with Gasteiger partial charge in [0.1, 0.15) is 0 Å². The predicted molar refractivity (Wildman–Crippen MR) is 132 cm³/mol. The van der Waals surface area contributed by atoms with Crippen molar-refractivity contribution < 1.29 is 13.2 Å². The number of hydrogen-bond acceptors (Lipinski definition) is 4. The minimum atomic E-state index is -3.68. The Labute approximate surface area is 195 Å². The lowest BCUT2D eigenvalue weighted by atomic mass is 10.1. The molecule has 3 aromatic carbocycles. The Hall–Kier alpha value is -3.32. The normalized spacial score (nSPS) is 14.0. The lowest BCUT2D eigenvalue weighted by molar-refractivity contribution is 0.0951. The van der Waals surface area contributed by atoms with E-state index in [1.807, 2.05) is 19.1 Å². The van der Waals surface area contributed by atoms with Crippen molar-refractivity contribution in [2.75, 3.05) is 22.7 Å². The van der Waals surface area contributed by atoms with Crippen LogP contribution >= 0.6 is 0 Å². The van der Waals surface area contributed by atoms with Crippen molar-refractivity contribution in [1.82, 2.24) is 5.32 Å². The van der Waals surface area contributed by atoms with Crippen LogP contribution in [0.1, 0.15) is 40.7 Å². The standard InChI is InChI=1S/C26H29N3O3S/c1-20-5-15-25(16-6-20)33(31,32)28-23-11-9-22(10-12-23)26(30)27-19-21-7-13-24(14-8-21)29-17-3-2-4-18-29/h5-16,28H,2-4,17-19H2,1H3,(H,27,30). The van der Waals surface area contributed by atoms with Gasteiger partial charge in [-0.15, -0.1) is 0 Å². The maximum Gasteiger partial charge on any atom is 0.261 e. The third kappa shape index (κ3) is 5.93. The van der Waals surface area contributed by atoms with E-state index in [0.717, 1.165) is 24.2 Å². The van der Waals surface area contributed by atoms with E-state index in [9.17, 15) is 13.2 Å². The average Bonchev–Trinajstić information content (AvgIpc) is 2.84. The van der Waals surface area contributed by atoms with Crippen LogP contribution in [0.2, 0.25) is 0 Å². The van der Waals surface area contributed by atoms with Crippen molar-refractivity contribution >= 4 is 27.3 Å². The summed E-state index contributed by atoms with van der Waals surface area (Å²) in [5, 5.41) is 2.92. The molecule has 1 fully saturated rings. The molecule has 0 atom stereocenters. The first-order chi connectivity index (χ1) is 15.9. The van der Waals surface area contributed by atoms with Gasteiger partial charge in [0.15, 0.2) is 0 Å². The van der Waals surface area contributed by atoms with Crippen molar-refractivity contribution in [1.29, 1.82) is 0 Å². The second kappa shape index (κ2) is 10.1. The smallest absolute Gasteiger partial charge is 0.261 e. The molecule has 1 aliphatic rings. The molecule has 2 N–H and O–H groups in total.